The topological polar surface area (TPSA) is 43.4 Å². The molecule has 0 aliphatic carbocycles. The maximum Gasteiger partial charge on any atom is 0.180 e. The predicted molar refractivity (Wildman–Crippen MR) is 112 cm³/mol. The first kappa shape index (κ1) is 21.5. The van der Waals surface area contributed by atoms with Crippen molar-refractivity contribution in [2.45, 2.75) is 58.6 Å². The summed E-state index contributed by atoms with van der Waals surface area (Å²) < 4.78 is 11.4. The van der Waals surface area contributed by atoms with Gasteiger partial charge in [0.25, 0.3) is 0 Å². The summed E-state index contributed by atoms with van der Waals surface area (Å²) in [4.78, 5) is 4.09. The Morgan fingerprint density at radius 2 is 1.89 bits per heavy atom. The number of halogens is 1. The summed E-state index contributed by atoms with van der Waals surface area (Å²) in [7, 11) is 1.64. The fourth-order valence-electron chi connectivity index (χ4n) is 2.92. The van der Waals surface area contributed by atoms with Crippen molar-refractivity contribution in [3.8, 4) is 11.5 Å². The fourth-order valence-corrected chi connectivity index (χ4v) is 3.21. The molecule has 4 nitrogen and oxygen atoms in total. The number of rotatable bonds is 13. The third-order valence-corrected chi connectivity index (χ3v) is 4.71. The number of nitrogens with one attached hydrogen (secondary N) is 1. The molecule has 0 amide bonds. The molecular formula is C22H31ClN2O2. The molecule has 1 N–H and O–H groups in total. The second kappa shape index (κ2) is 12.6. The number of nitrogens with zero attached hydrogens (tertiary/aromatic N) is 1. The van der Waals surface area contributed by atoms with Crippen molar-refractivity contribution < 1.29 is 9.47 Å². The maximum absolute atomic E-state index is 6.44. The van der Waals surface area contributed by atoms with E-state index < -0.39 is 0 Å². The lowest BCUT2D eigenvalue weighted by Crippen LogP contribution is -2.14. The van der Waals surface area contributed by atoms with Gasteiger partial charge in [0.05, 0.1) is 12.1 Å². The van der Waals surface area contributed by atoms with Gasteiger partial charge in [-0.25, -0.2) is 0 Å². The summed E-state index contributed by atoms with van der Waals surface area (Å²) in [5, 5.41) is 4.05. The molecule has 27 heavy (non-hydrogen) atoms. The molecule has 0 fully saturated rings. The van der Waals surface area contributed by atoms with Gasteiger partial charge in [-0.05, 0) is 36.7 Å². The first-order valence-electron chi connectivity index (χ1n) is 9.83. The molecule has 0 aliphatic heterocycles. The van der Waals surface area contributed by atoms with Crippen molar-refractivity contribution in [3.63, 3.8) is 0 Å². The van der Waals surface area contributed by atoms with Gasteiger partial charge in [-0.3, -0.25) is 4.98 Å². The third kappa shape index (κ3) is 7.77. The normalized spacial score (nSPS) is 10.8. The number of benzene rings is 1. The molecule has 0 bridgehead atoms. The minimum atomic E-state index is 0.402. The molecule has 1 aromatic heterocycles. The Hall–Kier alpha value is -1.78. The van der Waals surface area contributed by atoms with Crippen LogP contribution < -0.4 is 14.8 Å². The molecule has 0 saturated carbocycles. The number of hydrogen-bond acceptors (Lipinski definition) is 4. The SMILES string of the molecule is CCCCCCCCNCc1cc(Cl)c(OCc2cccnc2)c(OC)c1. The average Bonchev–Trinajstić information content (AvgIpc) is 2.69. The van der Waals surface area contributed by atoms with Gasteiger partial charge in [-0.2, -0.15) is 0 Å². The van der Waals surface area contributed by atoms with Gasteiger partial charge >= 0.3 is 0 Å². The van der Waals surface area contributed by atoms with Crippen LogP contribution >= 0.6 is 11.6 Å². The zero-order valence-corrected chi connectivity index (χ0v) is 17.2. The highest BCUT2D eigenvalue weighted by atomic mass is 35.5. The first-order valence-corrected chi connectivity index (χ1v) is 10.2. The van der Waals surface area contributed by atoms with E-state index >= 15 is 0 Å². The minimum Gasteiger partial charge on any atom is -0.493 e. The van der Waals surface area contributed by atoms with Crippen LogP contribution in [0.25, 0.3) is 0 Å². The molecular weight excluding hydrogens is 360 g/mol. The van der Waals surface area contributed by atoms with E-state index in [9.17, 15) is 0 Å². The standard InChI is InChI=1S/C22H31ClN2O2/c1-3-4-5-6-7-8-11-24-16-19-13-20(23)22(21(14-19)26-2)27-17-18-10-9-12-25-15-18/h9-10,12-15,24H,3-8,11,16-17H2,1-2H3. The molecule has 1 heterocycles. The quantitative estimate of drug-likeness (QED) is 0.441. The van der Waals surface area contributed by atoms with E-state index in [1.165, 1.54) is 38.5 Å². The van der Waals surface area contributed by atoms with E-state index in [0.717, 1.165) is 24.2 Å². The molecule has 0 atom stereocenters. The Kier molecular flexibility index (Phi) is 10.0. The van der Waals surface area contributed by atoms with Crippen LogP contribution in [0, 0.1) is 0 Å². The number of pyridine rings is 1. The summed E-state index contributed by atoms with van der Waals surface area (Å²) in [6.07, 6.45) is 11.3. The molecule has 2 aromatic rings. The summed E-state index contributed by atoms with van der Waals surface area (Å²) in [6.45, 7) is 4.44. The lowest BCUT2D eigenvalue weighted by atomic mass is 10.1. The predicted octanol–water partition coefficient (Wildman–Crippen LogP) is 5.77. The Morgan fingerprint density at radius 3 is 2.63 bits per heavy atom. The Labute approximate surface area is 168 Å². The molecule has 0 aliphatic rings. The molecule has 1 aromatic carbocycles. The second-order valence-electron chi connectivity index (χ2n) is 6.70. The minimum absolute atomic E-state index is 0.402. The fraction of sp³-hybridized carbons (Fsp3) is 0.500. The molecule has 148 valence electrons. The van der Waals surface area contributed by atoms with Crippen molar-refractivity contribution in [2.75, 3.05) is 13.7 Å². The van der Waals surface area contributed by atoms with E-state index in [0.29, 0.717) is 23.1 Å². The lowest BCUT2D eigenvalue weighted by Gasteiger charge is -2.14. The van der Waals surface area contributed by atoms with Crippen molar-refractivity contribution in [2.24, 2.45) is 0 Å². The molecule has 0 radical (unpaired) electrons. The van der Waals surface area contributed by atoms with E-state index in [2.05, 4.69) is 17.2 Å². The van der Waals surface area contributed by atoms with Crippen molar-refractivity contribution in [1.29, 1.82) is 0 Å². The summed E-state index contributed by atoms with van der Waals surface area (Å²) >= 11 is 6.44. The smallest absolute Gasteiger partial charge is 0.180 e. The van der Waals surface area contributed by atoms with E-state index in [1.54, 1.807) is 19.5 Å². The first-order chi connectivity index (χ1) is 13.2. The molecule has 5 heteroatoms. The zero-order chi connectivity index (χ0) is 19.3. The maximum atomic E-state index is 6.44. The number of unbranched alkanes of at least 4 members (excludes halogenated alkanes) is 5. The highest BCUT2D eigenvalue weighted by Crippen LogP contribution is 2.37. The van der Waals surface area contributed by atoms with Crippen molar-refractivity contribution >= 4 is 11.6 Å². The van der Waals surface area contributed by atoms with Gasteiger partial charge in [-0.1, -0.05) is 56.7 Å². The molecule has 0 spiro atoms. The van der Waals surface area contributed by atoms with Crippen LogP contribution in [0.5, 0.6) is 11.5 Å². The number of aromatic nitrogens is 1. The van der Waals surface area contributed by atoms with Crippen LogP contribution in [0.3, 0.4) is 0 Å². The van der Waals surface area contributed by atoms with Gasteiger partial charge < -0.3 is 14.8 Å². The third-order valence-electron chi connectivity index (χ3n) is 4.43. The van der Waals surface area contributed by atoms with Crippen molar-refractivity contribution in [3.05, 3.63) is 52.8 Å². The van der Waals surface area contributed by atoms with Crippen LogP contribution in [0.15, 0.2) is 36.7 Å². The summed E-state index contributed by atoms with van der Waals surface area (Å²) in [6, 6.07) is 7.78. The molecule has 0 unspecified atom stereocenters. The van der Waals surface area contributed by atoms with Gasteiger partial charge in [0.2, 0.25) is 0 Å². The Morgan fingerprint density at radius 1 is 1.07 bits per heavy atom. The van der Waals surface area contributed by atoms with Crippen LogP contribution in [-0.4, -0.2) is 18.6 Å². The zero-order valence-electron chi connectivity index (χ0n) is 16.5. The van der Waals surface area contributed by atoms with Gasteiger partial charge in [0, 0.05) is 24.5 Å². The van der Waals surface area contributed by atoms with Gasteiger partial charge in [0.15, 0.2) is 11.5 Å². The van der Waals surface area contributed by atoms with E-state index in [-0.39, 0.29) is 0 Å². The number of ether oxygens (including phenoxy) is 2. The van der Waals surface area contributed by atoms with Crippen molar-refractivity contribution in [1.82, 2.24) is 10.3 Å². The highest BCUT2D eigenvalue weighted by Gasteiger charge is 2.12. The van der Waals surface area contributed by atoms with Crippen LogP contribution in [0.4, 0.5) is 0 Å². The molecule has 0 saturated heterocycles. The number of methoxy groups -OCH3 is 1. The Bertz CT molecular complexity index is 665. The van der Waals surface area contributed by atoms with Crippen LogP contribution in [-0.2, 0) is 13.2 Å². The van der Waals surface area contributed by atoms with Crippen LogP contribution in [0.1, 0.15) is 56.6 Å². The Balaban J connectivity index is 1.82. The second-order valence-corrected chi connectivity index (χ2v) is 7.11. The monoisotopic (exact) mass is 390 g/mol. The lowest BCUT2D eigenvalue weighted by molar-refractivity contribution is 0.284. The summed E-state index contributed by atoms with van der Waals surface area (Å²) in [5.41, 5.74) is 2.08. The number of hydrogen-bond donors (Lipinski definition) is 1. The van der Waals surface area contributed by atoms with Crippen LogP contribution in [0.2, 0.25) is 5.02 Å². The highest BCUT2D eigenvalue weighted by molar-refractivity contribution is 6.32. The van der Waals surface area contributed by atoms with E-state index in [4.69, 9.17) is 21.1 Å². The largest absolute Gasteiger partial charge is 0.493 e. The van der Waals surface area contributed by atoms with E-state index in [1.807, 2.05) is 24.3 Å². The average molecular weight is 391 g/mol. The van der Waals surface area contributed by atoms with Gasteiger partial charge in [-0.15, -0.1) is 0 Å². The van der Waals surface area contributed by atoms with Gasteiger partial charge in [0.1, 0.15) is 6.61 Å². The summed E-state index contributed by atoms with van der Waals surface area (Å²) in [5.74, 6) is 1.23. The molecule has 2 rings (SSSR count).